The number of hydrogen-bond acceptors (Lipinski definition) is 3. The number of amides is 2. The monoisotopic (exact) mass is 392 g/mol. The molecule has 0 heterocycles. The smallest absolute Gasteiger partial charge is 0.352 e. The molecular formula is C20H19F3N2O3. The maximum atomic E-state index is 12.4. The van der Waals surface area contributed by atoms with Gasteiger partial charge in [0.05, 0.1) is 0 Å². The molecule has 2 aromatic carbocycles. The van der Waals surface area contributed by atoms with Crippen LogP contribution in [0, 0.1) is 6.92 Å². The van der Waals surface area contributed by atoms with E-state index in [0.29, 0.717) is 11.1 Å². The van der Waals surface area contributed by atoms with Gasteiger partial charge < -0.3 is 10.6 Å². The van der Waals surface area contributed by atoms with E-state index in [2.05, 4.69) is 5.32 Å². The molecule has 0 aliphatic rings. The van der Waals surface area contributed by atoms with Gasteiger partial charge in [0.2, 0.25) is 5.91 Å². The Balaban J connectivity index is 1.88. The minimum Gasteiger partial charge on any atom is -0.352 e. The minimum absolute atomic E-state index is 0.0152. The van der Waals surface area contributed by atoms with Crippen molar-refractivity contribution in [2.24, 2.45) is 0 Å². The predicted molar refractivity (Wildman–Crippen MR) is 97.7 cm³/mol. The zero-order valence-electron chi connectivity index (χ0n) is 15.1. The first-order valence-corrected chi connectivity index (χ1v) is 8.49. The first-order valence-electron chi connectivity index (χ1n) is 8.49. The maximum Gasteiger partial charge on any atom is 0.471 e. The molecule has 0 radical (unpaired) electrons. The first kappa shape index (κ1) is 21.1. The van der Waals surface area contributed by atoms with Gasteiger partial charge in [-0.1, -0.05) is 48.0 Å². The molecule has 0 aromatic heterocycles. The summed E-state index contributed by atoms with van der Waals surface area (Å²) in [4.78, 5) is 35.1. The Kier molecular flexibility index (Phi) is 6.92. The van der Waals surface area contributed by atoms with E-state index in [4.69, 9.17) is 0 Å². The van der Waals surface area contributed by atoms with E-state index in [1.807, 2.05) is 6.92 Å². The molecule has 0 bridgehead atoms. The van der Waals surface area contributed by atoms with E-state index in [-0.39, 0.29) is 30.9 Å². The molecule has 0 aliphatic heterocycles. The molecule has 2 aromatic rings. The lowest BCUT2D eigenvalue weighted by atomic mass is 10.0. The van der Waals surface area contributed by atoms with Crippen molar-refractivity contribution in [2.45, 2.75) is 32.5 Å². The van der Waals surface area contributed by atoms with Crippen LogP contribution in [0.2, 0.25) is 0 Å². The number of hydrogen-bond donors (Lipinski definition) is 2. The van der Waals surface area contributed by atoms with Crippen LogP contribution in [0.5, 0.6) is 0 Å². The second kappa shape index (κ2) is 9.16. The van der Waals surface area contributed by atoms with Crippen LogP contribution in [0.25, 0.3) is 0 Å². The Morgan fingerprint density at radius 2 is 1.57 bits per heavy atom. The molecular weight excluding hydrogens is 373 g/mol. The van der Waals surface area contributed by atoms with Crippen LogP contribution in [0.1, 0.15) is 34.3 Å². The molecule has 0 unspecified atom stereocenters. The van der Waals surface area contributed by atoms with Crippen molar-refractivity contribution < 1.29 is 27.6 Å². The van der Waals surface area contributed by atoms with Crippen molar-refractivity contribution in [3.63, 3.8) is 0 Å². The summed E-state index contributed by atoms with van der Waals surface area (Å²) in [6, 6.07) is 12.8. The summed E-state index contributed by atoms with van der Waals surface area (Å²) >= 11 is 0. The number of halogens is 3. The number of nitrogens with one attached hydrogen (secondary N) is 2. The van der Waals surface area contributed by atoms with Gasteiger partial charge in [-0.15, -0.1) is 0 Å². The summed E-state index contributed by atoms with van der Waals surface area (Å²) in [5.41, 5.74) is 1.81. The fraction of sp³-hybridized carbons (Fsp3) is 0.250. The van der Waals surface area contributed by atoms with E-state index in [1.165, 1.54) is 18.2 Å². The average molecular weight is 392 g/mol. The second-order valence-electron chi connectivity index (χ2n) is 6.17. The van der Waals surface area contributed by atoms with Crippen molar-refractivity contribution in [2.75, 3.05) is 5.32 Å². The summed E-state index contributed by atoms with van der Waals surface area (Å²) in [6.45, 7) is 1.82. The van der Waals surface area contributed by atoms with E-state index in [1.54, 1.807) is 35.6 Å². The van der Waals surface area contributed by atoms with E-state index >= 15 is 0 Å². The van der Waals surface area contributed by atoms with Gasteiger partial charge in [-0.3, -0.25) is 14.4 Å². The fourth-order valence-electron chi connectivity index (χ4n) is 2.38. The predicted octanol–water partition coefficient (Wildman–Crippen LogP) is 3.78. The highest BCUT2D eigenvalue weighted by atomic mass is 19.4. The number of anilines is 1. The number of benzene rings is 2. The summed E-state index contributed by atoms with van der Waals surface area (Å²) in [5, 5.41) is 4.32. The third-order valence-corrected chi connectivity index (χ3v) is 3.95. The molecule has 28 heavy (non-hydrogen) atoms. The lowest BCUT2D eigenvalue weighted by Gasteiger charge is -2.13. The molecule has 0 aliphatic carbocycles. The molecule has 0 spiro atoms. The highest BCUT2D eigenvalue weighted by Crippen LogP contribution is 2.21. The normalized spacial score (nSPS) is 11.0. The van der Waals surface area contributed by atoms with Crippen molar-refractivity contribution in [1.29, 1.82) is 0 Å². The average Bonchev–Trinajstić information content (AvgIpc) is 2.65. The van der Waals surface area contributed by atoms with Gasteiger partial charge in [0.25, 0.3) is 0 Å². The lowest BCUT2D eigenvalue weighted by molar-refractivity contribution is -0.167. The van der Waals surface area contributed by atoms with Crippen molar-refractivity contribution in [3.05, 3.63) is 65.2 Å². The van der Waals surface area contributed by atoms with Gasteiger partial charge in [-0.05, 0) is 18.6 Å². The van der Waals surface area contributed by atoms with Crippen molar-refractivity contribution >= 4 is 23.3 Å². The molecule has 148 valence electrons. The van der Waals surface area contributed by atoms with Crippen molar-refractivity contribution in [1.82, 2.24) is 5.32 Å². The summed E-state index contributed by atoms with van der Waals surface area (Å²) in [6.07, 6.45) is -5.04. The number of Topliss-reactive ketones (excluding diaryl/α,β-unsaturated/α-hetero) is 1. The molecule has 0 fully saturated rings. The maximum absolute atomic E-state index is 12.4. The van der Waals surface area contributed by atoms with Gasteiger partial charge >= 0.3 is 12.1 Å². The van der Waals surface area contributed by atoms with Gasteiger partial charge in [0.15, 0.2) is 5.78 Å². The zero-order chi connectivity index (χ0) is 20.7. The molecule has 2 rings (SSSR count). The quantitative estimate of drug-likeness (QED) is 0.705. The fourth-order valence-corrected chi connectivity index (χ4v) is 2.38. The molecule has 0 atom stereocenters. The summed E-state index contributed by atoms with van der Waals surface area (Å²) in [5.74, 6) is -2.68. The highest BCUT2D eigenvalue weighted by molar-refractivity contribution is 5.98. The Labute approximate surface area is 159 Å². The van der Waals surface area contributed by atoms with Crippen LogP contribution in [-0.4, -0.2) is 23.8 Å². The van der Waals surface area contributed by atoms with Gasteiger partial charge in [-0.25, -0.2) is 0 Å². The molecule has 0 saturated carbocycles. The van der Waals surface area contributed by atoms with Crippen LogP contribution < -0.4 is 10.6 Å². The van der Waals surface area contributed by atoms with E-state index in [0.717, 1.165) is 5.56 Å². The standard InChI is InChI=1S/C20H19F3N2O3/c1-13-6-8-14(9-7-13)17(26)10-11-18(27)24-12-15-4-2-3-5-16(15)25-19(28)20(21,22)23/h2-9H,10-12H2,1H3,(H,24,27)(H,25,28). The Morgan fingerprint density at radius 3 is 2.21 bits per heavy atom. The van der Waals surface area contributed by atoms with E-state index < -0.39 is 18.0 Å². The molecule has 5 nitrogen and oxygen atoms in total. The Bertz CT molecular complexity index is 862. The summed E-state index contributed by atoms with van der Waals surface area (Å²) in [7, 11) is 0. The number of aryl methyl sites for hydroxylation is 1. The number of rotatable bonds is 7. The Hall–Kier alpha value is -3.16. The third kappa shape index (κ3) is 6.22. The number of alkyl halides is 3. The molecule has 8 heteroatoms. The molecule has 0 saturated heterocycles. The van der Waals surface area contributed by atoms with Crippen LogP contribution >= 0.6 is 0 Å². The second-order valence-corrected chi connectivity index (χ2v) is 6.17. The minimum atomic E-state index is -5.01. The van der Waals surface area contributed by atoms with Gasteiger partial charge in [-0.2, -0.15) is 13.2 Å². The van der Waals surface area contributed by atoms with Gasteiger partial charge in [0.1, 0.15) is 0 Å². The van der Waals surface area contributed by atoms with E-state index in [9.17, 15) is 27.6 Å². The number of ketones is 1. The van der Waals surface area contributed by atoms with Gasteiger partial charge in [0, 0.05) is 30.6 Å². The summed E-state index contributed by atoms with van der Waals surface area (Å²) < 4.78 is 37.2. The number of carbonyl (C=O) groups is 3. The number of carbonyl (C=O) groups excluding carboxylic acids is 3. The third-order valence-electron chi connectivity index (χ3n) is 3.95. The topological polar surface area (TPSA) is 75.3 Å². The van der Waals surface area contributed by atoms with Crippen LogP contribution in [0.3, 0.4) is 0 Å². The van der Waals surface area contributed by atoms with Crippen molar-refractivity contribution in [3.8, 4) is 0 Å². The SMILES string of the molecule is Cc1ccc(C(=O)CCC(=O)NCc2ccccc2NC(=O)C(F)(F)F)cc1. The highest BCUT2D eigenvalue weighted by Gasteiger charge is 2.38. The number of para-hydroxylation sites is 1. The van der Waals surface area contributed by atoms with Crippen LogP contribution in [0.15, 0.2) is 48.5 Å². The first-order chi connectivity index (χ1) is 13.2. The Morgan fingerprint density at radius 1 is 0.929 bits per heavy atom. The van der Waals surface area contributed by atoms with Crippen LogP contribution in [-0.2, 0) is 16.1 Å². The molecule has 2 amide bonds. The molecule has 2 N–H and O–H groups in total. The largest absolute Gasteiger partial charge is 0.471 e. The lowest BCUT2D eigenvalue weighted by Crippen LogP contribution is -2.31. The van der Waals surface area contributed by atoms with Crippen LogP contribution in [0.4, 0.5) is 18.9 Å². The zero-order valence-corrected chi connectivity index (χ0v) is 15.1.